The summed E-state index contributed by atoms with van der Waals surface area (Å²) in [5, 5.41) is 0.398. The van der Waals surface area contributed by atoms with Crippen LogP contribution < -0.4 is 5.73 Å². The Morgan fingerprint density at radius 1 is 0.952 bits per heavy atom. The molecule has 0 saturated heterocycles. The van der Waals surface area contributed by atoms with E-state index in [1.54, 1.807) is 11.8 Å². The van der Waals surface area contributed by atoms with E-state index in [0.717, 1.165) is 24.2 Å². The minimum Gasteiger partial charge on any atom is -0.327 e. The molecule has 2 aromatic rings. The number of benzene rings is 2. The van der Waals surface area contributed by atoms with Gasteiger partial charge in [0, 0.05) is 16.2 Å². The molecule has 0 amide bonds. The van der Waals surface area contributed by atoms with Gasteiger partial charge in [-0.1, -0.05) is 30.3 Å². The fourth-order valence-electron chi connectivity index (χ4n) is 3.00. The number of hydrogen-bond donors (Lipinski definition) is 1. The van der Waals surface area contributed by atoms with Crippen molar-refractivity contribution < 1.29 is 4.39 Å². The van der Waals surface area contributed by atoms with E-state index in [0.29, 0.717) is 11.2 Å². The van der Waals surface area contributed by atoms with Crippen LogP contribution in [0.5, 0.6) is 0 Å². The molecule has 2 aromatic carbocycles. The van der Waals surface area contributed by atoms with Crippen molar-refractivity contribution in [1.82, 2.24) is 0 Å². The summed E-state index contributed by atoms with van der Waals surface area (Å²) in [6.07, 6.45) is 3.30. The van der Waals surface area contributed by atoms with Crippen LogP contribution in [0.25, 0.3) is 0 Å². The molecule has 3 atom stereocenters. The normalized spacial score (nSPS) is 25.7. The van der Waals surface area contributed by atoms with Crippen molar-refractivity contribution in [3.05, 3.63) is 66.0 Å². The number of hydrogen-bond acceptors (Lipinski definition) is 2. The zero-order valence-corrected chi connectivity index (χ0v) is 12.7. The third-order valence-electron chi connectivity index (χ3n) is 4.21. The molecule has 3 rings (SSSR count). The standard InChI is InChI=1S/C18H20FNS/c19-15-7-9-16(10-8-15)21-18-12-14(6-11-17(18)20)13-4-2-1-3-5-13/h1-5,7-10,14,17-18H,6,11-12,20H2. The Hall–Kier alpha value is -1.32. The van der Waals surface area contributed by atoms with Crippen molar-refractivity contribution in [2.24, 2.45) is 5.73 Å². The topological polar surface area (TPSA) is 26.0 Å². The maximum absolute atomic E-state index is 13.0. The molecule has 1 fully saturated rings. The lowest BCUT2D eigenvalue weighted by Crippen LogP contribution is -2.37. The van der Waals surface area contributed by atoms with Crippen LogP contribution >= 0.6 is 11.8 Å². The molecule has 2 N–H and O–H groups in total. The zero-order valence-electron chi connectivity index (χ0n) is 11.9. The third kappa shape index (κ3) is 3.66. The number of halogens is 1. The molecule has 0 heterocycles. The quantitative estimate of drug-likeness (QED) is 0.898. The van der Waals surface area contributed by atoms with Gasteiger partial charge in [-0.05, 0) is 55.0 Å². The SMILES string of the molecule is NC1CCC(c2ccccc2)CC1Sc1ccc(F)cc1. The van der Waals surface area contributed by atoms with Crippen molar-refractivity contribution in [3.8, 4) is 0 Å². The summed E-state index contributed by atoms with van der Waals surface area (Å²) >= 11 is 1.79. The largest absolute Gasteiger partial charge is 0.327 e. The Kier molecular flexibility index (Phi) is 4.61. The van der Waals surface area contributed by atoms with Crippen LogP contribution in [0.1, 0.15) is 30.7 Å². The van der Waals surface area contributed by atoms with E-state index in [-0.39, 0.29) is 11.9 Å². The summed E-state index contributed by atoms with van der Waals surface area (Å²) < 4.78 is 13.0. The van der Waals surface area contributed by atoms with Gasteiger partial charge in [0.15, 0.2) is 0 Å². The number of rotatable bonds is 3. The Labute approximate surface area is 129 Å². The van der Waals surface area contributed by atoms with Gasteiger partial charge in [-0.3, -0.25) is 0 Å². The van der Waals surface area contributed by atoms with Crippen molar-refractivity contribution in [3.63, 3.8) is 0 Å². The molecular weight excluding hydrogens is 281 g/mol. The predicted molar refractivity (Wildman–Crippen MR) is 87.1 cm³/mol. The number of thioether (sulfide) groups is 1. The molecule has 0 spiro atoms. The number of nitrogens with two attached hydrogens (primary N) is 1. The maximum atomic E-state index is 13.0. The van der Waals surface area contributed by atoms with E-state index in [2.05, 4.69) is 30.3 Å². The highest BCUT2D eigenvalue weighted by Gasteiger charge is 2.29. The minimum absolute atomic E-state index is 0.186. The molecule has 1 nitrogen and oxygen atoms in total. The highest BCUT2D eigenvalue weighted by molar-refractivity contribution is 8.00. The van der Waals surface area contributed by atoms with Gasteiger partial charge >= 0.3 is 0 Å². The lowest BCUT2D eigenvalue weighted by molar-refractivity contribution is 0.406. The van der Waals surface area contributed by atoms with E-state index < -0.39 is 0 Å². The summed E-state index contributed by atoms with van der Waals surface area (Å²) in [5.74, 6) is 0.401. The van der Waals surface area contributed by atoms with Gasteiger partial charge in [-0.15, -0.1) is 11.8 Å². The van der Waals surface area contributed by atoms with Gasteiger partial charge in [0.2, 0.25) is 0 Å². The monoisotopic (exact) mass is 301 g/mol. The lowest BCUT2D eigenvalue weighted by Gasteiger charge is -2.34. The molecule has 0 aromatic heterocycles. The zero-order chi connectivity index (χ0) is 14.7. The lowest BCUT2D eigenvalue weighted by atomic mass is 9.82. The van der Waals surface area contributed by atoms with Crippen molar-refractivity contribution in [2.45, 2.75) is 41.4 Å². The van der Waals surface area contributed by atoms with Crippen LogP contribution in [0, 0.1) is 5.82 Å². The molecule has 110 valence electrons. The summed E-state index contributed by atoms with van der Waals surface area (Å²) in [7, 11) is 0. The predicted octanol–water partition coefficient (Wildman–Crippen LogP) is 4.58. The van der Waals surface area contributed by atoms with Crippen LogP contribution in [0.3, 0.4) is 0 Å². The molecule has 0 radical (unpaired) electrons. The molecule has 1 aliphatic rings. The first-order valence-corrected chi connectivity index (χ1v) is 8.33. The summed E-state index contributed by atoms with van der Waals surface area (Å²) in [6, 6.07) is 17.6. The summed E-state index contributed by atoms with van der Waals surface area (Å²) in [5.41, 5.74) is 7.71. The highest BCUT2D eigenvalue weighted by atomic mass is 32.2. The van der Waals surface area contributed by atoms with Gasteiger partial charge in [-0.25, -0.2) is 4.39 Å². The second-order valence-corrected chi connectivity index (χ2v) is 7.01. The second kappa shape index (κ2) is 6.63. The van der Waals surface area contributed by atoms with E-state index in [4.69, 9.17) is 5.73 Å². The van der Waals surface area contributed by atoms with Crippen LogP contribution in [-0.4, -0.2) is 11.3 Å². The molecule has 21 heavy (non-hydrogen) atoms. The summed E-state index contributed by atoms with van der Waals surface area (Å²) in [6.45, 7) is 0. The van der Waals surface area contributed by atoms with Gasteiger partial charge < -0.3 is 5.73 Å². The Morgan fingerprint density at radius 2 is 1.67 bits per heavy atom. The smallest absolute Gasteiger partial charge is 0.123 e. The van der Waals surface area contributed by atoms with Crippen LogP contribution in [0.15, 0.2) is 59.5 Å². The van der Waals surface area contributed by atoms with E-state index in [1.807, 2.05) is 12.1 Å². The summed E-state index contributed by atoms with van der Waals surface area (Å²) in [4.78, 5) is 1.10. The van der Waals surface area contributed by atoms with Crippen LogP contribution in [0.2, 0.25) is 0 Å². The second-order valence-electron chi connectivity index (χ2n) is 5.69. The van der Waals surface area contributed by atoms with Gasteiger partial charge in [-0.2, -0.15) is 0 Å². The average Bonchev–Trinajstić information content (AvgIpc) is 2.52. The maximum Gasteiger partial charge on any atom is 0.123 e. The Balaban J connectivity index is 1.70. The fourth-order valence-corrected chi connectivity index (χ4v) is 4.29. The first kappa shape index (κ1) is 14.6. The van der Waals surface area contributed by atoms with E-state index in [9.17, 15) is 4.39 Å². The van der Waals surface area contributed by atoms with Crippen molar-refractivity contribution in [2.75, 3.05) is 0 Å². The fraction of sp³-hybridized carbons (Fsp3) is 0.333. The molecule has 3 unspecified atom stereocenters. The molecule has 1 aliphatic carbocycles. The van der Waals surface area contributed by atoms with Crippen molar-refractivity contribution >= 4 is 11.8 Å². The van der Waals surface area contributed by atoms with Crippen LogP contribution in [0.4, 0.5) is 4.39 Å². The molecule has 0 aliphatic heterocycles. The van der Waals surface area contributed by atoms with Gasteiger partial charge in [0.05, 0.1) is 0 Å². The molecule has 0 bridgehead atoms. The Bertz CT molecular complexity index is 570. The first-order chi connectivity index (χ1) is 10.2. The molecular formula is C18H20FNS. The molecule has 3 heteroatoms. The average molecular weight is 301 g/mol. The Morgan fingerprint density at radius 3 is 2.38 bits per heavy atom. The minimum atomic E-state index is -0.186. The van der Waals surface area contributed by atoms with Crippen molar-refractivity contribution in [1.29, 1.82) is 0 Å². The van der Waals surface area contributed by atoms with Gasteiger partial charge in [0.25, 0.3) is 0 Å². The third-order valence-corrected chi connectivity index (χ3v) is 5.60. The highest BCUT2D eigenvalue weighted by Crippen LogP contribution is 2.40. The molecule has 1 saturated carbocycles. The van der Waals surface area contributed by atoms with Gasteiger partial charge in [0.1, 0.15) is 5.82 Å². The van der Waals surface area contributed by atoms with E-state index >= 15 is 0 Å². The van der Waals surface area contributed by atoms with E-state index in [1.165, 1.54) is 17.7 Å². The van der Waals surface area contributed by atoms with Crippen LogP contribution in [-0.2, 0) is 0 Å². The first-order valence-electron chi connectivity index (χ1n) is 7.45.